The first-order chi connectivity index (χ1) is 11.6. The Morgan fingerprint density at radius 1 is 1.00 bits per heavy atom. The quantitative estimate of drug-likeness (QED) is 0.887. The van der Waals surface area contributed by atoms with Gasteiger partial charge >= 0.3 is 0 Å². The Kier molecular flexibility index (Phi) is 4.95. The van der Waals surface area contributed by atoms with Gasteiger partial charge in [-0.1, -0.05) is 12.8 Å². The summed E-state index contributed by atoms with van der Waals surface area (Å²) in [4.78, 5) is 6.36. The third-order valence-electron chi connectivity index (χ3n) is 5.68. The minimum atomic E-state index is -3.31. The van der Waals surface area contributed by atoms with Crippen LogP contribution in [-0.4, -0.2) is 36.8 Å². The molecule has 0 bridgehead atoms. The predicted octanol–water partition coefficient (Wildman–Crippen LogP) is 2.98. The van der Waals surface area contributed by atoms with E-state index < -0.39 is 10.2 Å². The highest BCUT2D eigenvalue weighted by Gasteiger charge is 2.32. The maximum absolute atomic E-state index is 12.5. The minimum Gasteiger partial charge on any atom is -0.246 e. The van der Waals surface area contributed by atoms with Crippen LogP contribution in [0.3, 0.4) is 0 Å². The second kappa shape index (κ2) is 7.02. The van der Waals surface area contributed by atoms with E-state index in [-0.39, 0.29) is 6.04 Å². The van der Waals surface area contributed by atoms with Gasteiger partial charge in [0.15, 0.2) is 0 Å². The van der Waals surface area contributed by atoms with Gasteiger partial charge in [0.2, 0.25) is 0 Å². The molecule has 0 unspecified atom stereocenters. The van der Waals surface area contributed by atoms with E-state index in [4.69, 9.17) is 4.98 Å². The number of hydrogen-bond acceptors (Lipinski definition) is 4. The summed E-state index contributed by atoms with van der Waals surface area (Å²) in [5, 5.41) is 1.25. The summed E-state index contributed by atoms with van der Waals surface area (Å²) >= 11 is 1.88. The number of fused-ring (bicyclic) bond motifs is 1. The fourth-order valence-corrected chi connectivity index (χ4v) is 7.04. The summed E-state index contributed by atoms with van der Waals surface area (Å²) in [6.07, 6.45) is 10.9. The molecule has 2 aliphatic carbocycles. The van der Waals surface area contributed by atoms with Gasteiger partial charge in [-0.2, -0.15) is 17.4 Å². The molecule has 4 rings (SSSR count). The molecule has 3 aliphatic rings. The van der Waals surface area contributed by atoms with E-state index in [9.17, 15) is 8.42 Å². The molecular formula is C17H27N3O2S2. The molecule has 0 atom stereocenters. The lowest BCUT2D eigenvalue weighted by Crippen LogP contribution is -2.47. The molecule has 1 saturated heterocycles. The standard InChI is InChI=1S/C17H27N3O2S2/c21-24(22,19-14-5-1-2-6-14)20-11-9-13(10-12-20)17-18-15-7-3-4-8-16(15)23-17/h13-14,19H,1-12H2. The maximum atomic E-state index is 12.5. The van der Waals surface area contributed by atoms with Crippen molar-refractivity contribution in [3.63, 3.8) is 0 Å². The van der Waals surface area contributed by atoms with Crippen LogP contribution in [0.15, 0.2) is 0 Å². The van der Waals surface area contributed by atoms with Gasteiger partial charge in [0.25, 0.3) is 10.2 Å². The van der Waals surface area contributed by atoms with E-state index in [1.54, 1.807) is 4.31 Å². The van der Waals surface area contributed by atoms with Crippen LogP contribution in [0.1, 0.15) is 72.9 Å². The summed E-state index contributed by atoms with van der Waals surface area (Å²) in [5.74, 6) is 0.443. The Hall–Kier alpha value is -0.500. The molecule has 0 amide bonds. The fraction of sp³-hybridized carbons (Fsp3) is 0.824. The molecule has 2 fully saturated rings. The van der Waals surface area contributed by atoms with Crippen LogP contribution >= 0.6 is 11.3 Å². The lowest BCUT2D eigenvalue weighted by atomic mass is 9.99. The van der Waals surface area contributed by atoms with E-state index in [1.807, 2.05) is 11.3 Å². The molecule has 2 heterocycles. The van der Waals surface area contributed by atoms with Crippen molar-refractivity contribution >= 4 is 21.5 Å². The van der Waals surface area contributed by atoms with Gasteiger partial charge in [-0.05, 0) is 51.4 Å². The molecule has 134 valence electrons. The second-order valence-electron chi connectivity index (χ2n) is 7.41. The zero-order valence-corrected chi connectivity index (χ0v) is 15.8. The number of piperidine rings is 1. The molecule has 0 aromatic carbocycles. The number of aromatic nitrogens is 1. The molecule has 1 aromatic rings. The van der Waals surface area contributed by atoms with E-state index >= 15 is 0 Å². The van der Waals surface area contributed by atoms with Crippen LogP contribution in [0, 0.1) is 0 Å². The van der Waals surface area contributed by atoms with Gasteiger partial charge < -0.3 is 0 Å². The Balaban J connectivity index is 1.36. The molecule has 7 heteroatoms. The molecular weight excluding hydrogens is 342 g/mol. The number of hydrogen-bond donors (Lipinski definition) is 1. The zero-order valence-electron chi connectivity index (χ0n) is 14.2. The van der Waals surface area contributed by atoms with Gasteiger partial charge in [0, 0.05) is 29.9 Å². The fourth-order valence-electron chi connectivity index (χ4n) is 4.22. The van der Waals surface area contributed by atoms with Gasteiger partial charge in [-0.3, -0.25) is 0 Å². The molecule has 5 nitrogen and oxygen atoms in total. The lowest BCUT2D eigenvalue weighted by molar-refractivity contribution is 0.312. The Morgan fingerprint density at radius 3 is 2.42 bits per heavy atom. The van der Waals surface area contributed by atoms with E-state index in [2.05, 4.69) is 4.72 Å². The third-order valence-corrected chi connectivity index (χ3v) is 8.67. The van der Waals surface area contributed by atoms with E-state index in [1.165, 1.54) is 34.8 Å². The Labute approximate surface area is 149 Å². The first kappa shape index (κ1) is 16.9. The molecule has 0 radical (unpaired) electrons. The highest BCUT2D eigenvalue weighted by atomic mass is 32.2. The summed E-state index contributed by atoms with van der Waals surface area (Å²) in [6, 6.07) is 0.151. The smallest absolute Gasteiger partial charge is 0.246 e. The van der Waals surface area contributed by atoms with Crippen molar-refractivity contribution < 1.29 is 8.42 Å². The van der Waals surface area contributed by atoms with Crippen molar-refractivity contribution in [1.82, 2.24) is 14.0 Å². The van der Waals surface area contributed by atoms with Gasteiger partial charge in [0.05, 0.1) is 10.7 Å². The highest BCUT2D eigenvalue weighted by Crippen LogP contribution is 2.35. The number of aryl methyl sites for hydroxylation is 2. The maximum Gasteiger partial charge on any atom is 0.279 e. The van der Waals surface area contributed by atoms with E-state index in [0.717, 1.165) is 44.9 Å². The topological polar surface area (TPSA) is 62.3 Å². The predicted molar refractivity (Wildman–Crippen MR) is 96.6 cm³/mol. The van der Waals surface area contributed by atoms with Crippen LogP contribution < -0.4 is 4.72 Å². The second-order valence-corrected chi connectivity index (χ2v) is 10.2. The Morgan fingerprint density at radius 2 is 1.71 bits per heavy atom. The van der Waals surface area contributed by atoms with Crippen molar-refractivity contribution in [2.24, 2.45) is 0 Å². The summed E-state index contributed by atoms with van der Waals surface area (Å²) in [6.45, 7) is 1.24. The Bertz CT molecular complexity index is 649. The molecule has 0 spiro atoms. The van der Waals surface area contributed by atoms with Crippen LogP contribution in [0.5, 0.6) is 0 Å². The lowest BCUT2D eigenvalue weighted by Gasteiger charge is -2.31. The summed E-state index contributed by atoms with van der Waals surface area (Å²) in [5.41, 5.74) is 1.32. The molecule has 1 aromatic heterocycles. The van der Waals surface area contributed by atoms with Crippen molar-refractivity contribution in [3.05, 3.63) is 15.6 Å². The SMILES string of the molecule is O=S(=O)(NC1CCCC1)N1CCC(c2nc3c(s2)CCCC3)CC1. The number of nitrogens with one attached hydrogen (secondary N) is 1. The first-order valence-corrected chi connectivity index (χ1v) is 11.6. The van der Waals surface area contributed by atoms with E-state index in [0.29, 0.717) is 19.0 Å². The van der Waals surface area contributed by atoms with Crippen molar-refractivity contribution in [2.75, 3.05) is 13.1 Å². The van der Waals surface area contributed by atoms with Crippen LogP contribution in [0.2, 0.25) is 0 Å². The number of nitrogens with zero attached hydrogens (tertiary/aromatic N) is 2. The van der Waals surface area contributed by atoms with Crippen molar-refractivity contribution in [2.45, 2.75) is 76.2 Å². The van der Waals surface area contributed by atoms with Crippen molar-refractivity contribution in [1.29, 1.82) is 0 Å². The zero-order chi connectivity index (χ0) is 16.6. The van der Waals surface area contributed by atoms with Gasteiger partial charge in [-0.15, -0.1) is 11.3 Å². The van der Waals surface area contributed by atoms with Crippen LogP contribution in [0.4, 0.5) is 0 Å². The largest absolute Gasteiger partial charge is 0.279 e. The van der Waals surface area contributed by atoms with Crippen LogP contribution in [0.25, 0.3) is 0 Å². The average Bonchev–Trinajstić information content (AvgIpc) is 3.23. The third kappa shape index (κ3) is 3.54. The molecule has 24 heavy (non-hydrogen) atoms. The normalized spacial score (nSPS) is 24.3. The van der Waals surface area contributed by atoms with Crippen molar-refractivity contribution in [3.8, 4) is 0 Å². The molecule has 1 saturated carbocycles. The molecule has 1 aliphatic heterocycles. The first-order valence-electron chi connectivity index (χ1n) is 9.38. The minimum absolute atomic E-state index is 0.151. The average molecular weight is 370 g/mol. The molecule has 1 N–H and O–H groups in total. The monoisotopic (exact) mass is 369 g/mol. The summed E-state index contributed by atoms with van der Waals surface area (Å²) in [7, 11) is -3.31. The number of rotatable bonds is 4. The van der Waals surface area contributed by atoms with Gasteiger partial charge in [-0.25, -0.2) is 4.98 Å². The van der Waals surface area contributed by atoms with Crippen LogP contribution in [-0.2, 0) is 23.1 Å². The van der Waals surface area contributed by atoms with Gasteiger partial charge in [0.1, 0.15) is 0 Å². The highest BCUT2D eigenvalue weighted by molar-refractivity contribution is 7.87. The summed E-state index contributed by atoms with van der Waals surface area (Å²) < 4.78 is 29.6. The number of thiazole rings is 1.